The van der Waals surface area contributed by atoms with E-state index in [1.165, 1.54) is 10.8 Å². The maximum absolute atomic E-state index is 6.31. The van der Waals surface area contributed by atoms with E-state index in [-0.39, 0.29) is 0 Å². The Balaban J connectivity index is 1.07. The Bertz CT molecular complexity index is 2480. The number of hydrogen-bond donors (Lipinski definition) is 0. The van der Waals surface area contributed by atoms with Gasteiger partial charge < -0.3 is 4.42 Å². The van der Waals surface area contributed by atoms with Gasteiger partial charge >= 0.3 is 0 Å². The average molecular weight is 602 g/mol. The molecule has 0 saturated carbocycles. The zero-order chi connectivity index (χ0) is 31.2. The first kappa shape index (κ1) is 27.0. The number of nitrogens with zero attached hydrogens (tertiary/aromatic N) is 3. The standard InChI is InChI=1S/C43H27N3O/c1-3-11-32(12-4-1)41-44-42(33-13-5-2-6-14-33)46-43(45-41)34-24-20-29(21-25-34)28-18-22-31(23-19-28)36-16-9-17-37-39(36)40-35-15-8-7-10-30(35)26-27-38(40)47-37/h1-27H. The molecule has 0 spiro atoms. The van der Waals surface area contributed by atoms with Gasteiger partial charge in [-0.1, -0.05) is 152 Å². The van der Waals surface area contributed by atoms with Crippen LogP contribution in [0.2, 0.25) is 0 Å². The molecule has 2 aromatic heterocycles. The lowest BCUT2D eigenvalue weighted by Crippen LogP contribution is -2.00. The van der Waals surface area contributed by atoms with Crippen molar-refractivity contribution in [3.63, 3.8) is 0 Å². The van der Waals surface area contributed by atoms with E-state index in [0.717, 1.165) is 60.9 Å². The van der Waals surface area contributed by atoms with Crippen LogP contribution in [-0.4, -0.2) is 15.0 Å². The summed E-state index contributed by atoms with van der Waals surface area (Å²) >= 11 is 0. The maximum atomic E-state index is 6.31. The third-order valence-electron chi connectivity index (χ3n) is 8.76. The Morgan fingerprint density at radius 3 is 1.43 bits per heavy atom. The molecule has 220 valence electrons. The number of aromatic nitrogens is 3. The van der Waals surface area contributed by atoms with Gasteiger partial charge in [0, 0.05) is 27.5 Å². The molecule has 0 unspecified atom stereocenters. The molecule has 0 aliphatic rings. The number of fused-ring (bicyclic) bond motifs is 5. The van der Waals surface area contributed by atoms with E-state index in [4.69, 9.17) is 19.4 Å². The van der Waals surface area contributed by atoms with E-state index in [0.29, 0.717) is 17.5 Å². The monoisotopic (exact) mass is 601 g/mol. The number of rotatable bonds is 5. The number of furan rings is 1. The van der Waals surface area contributed by atoms with Crippen LogP contribution in [0.3, 0.4) is 0 Å². The highest BCUT2D eigenvalue weighted by Gasteiger charge is 2.16. The molecule has 0 N–H and O–H groups in total. The maximum Gasteiger partial charge on any atom is 0.164 e. The largest absolute Gasteiger partial charge is 0.456 e. The molecule has 4 nitrogen and oxygen atoms in total. The smallest absolute Gasteiger partial charge is 0.164 e. The zero-order valence-electron chi connectivity index (χ0n) is 25.3. The van der Waals surface area contributed by atoms with Crippen molar-refractivity contribution in [1.82, 2.24) is 15.0 Å². The highest BCUT2D eigenvalue weighted by atomic mass is 16.3. The van der Waals surface area contributed by atoms with Crippen molar-refractivity contribution < 1.29 is 4.42 Å². The second-order valence-electron chi connectivity index (χ2n) is 11.6. The highest BCUT2D eigenvalue weighted by Crippen LogP contribution is 2.40. The van der Waals surface area contributed by atoms with Crippen molar-refractivity contribution in [3.05, 3.63) is 164 Å². The minimum absolute atomic E-state index is 0.646. The summed E-state index contributed by atoms with van der Waals surface area (Å²) in [7, 11) is 0. The molecular formula is C43H27N3O. The molecule has 0 saturated heterocycles. The van der Waals surface area contributed by atoms with Gasteiger partial charge in [-0.05, 0) is 45.2 Å². The van der Waals surface area contributed by atoms with E-state index in [9.17, 15) is 0 Å². The molecule has 0 bridgehead atoms. The number of hydrogen-bond acceptors (Lipinski definition) is 4. The fraction of sp³-hybridized carbons (Fsp3) is 0. The van der Waals surface area contributed by atoms with Crippen LogP contribution in [0.1, 0.15) is 0 Å². The van der Waals surface area contributed by atoms with Gasteiger partial charge in [-0.25, -0.2) is 15.0 Å². The molecule has 0 fully saturated rings. The molecular weight excluding hydrogens is 574 g/mol. The molecule has 0 atom stereocenters. The van der Waals surface area contributed by atoms with E-state index in [2.05, 4.69) is 103 Å². The molecule has 4 heteroatoms. The van der Waals surface area contributed by atoms with Crippen LogP contribution in [0.15, 0.2) is 168 Å². The molecule has 7 aromatic carbocycles. The van der Waals surface area contributed by atoms with E-state index >= 15 is 0 Å². The van der Waals surface area contributed by atoms with Gasteiger partial charge in [-0.3, -0.25) is 0 Å². The van der Waals surface area contributed by atoms with Gasteiger partial charge in [0.05, 0.1) is 0 Å². The van der Waals surface area contributed by atoms with Gasteiger partial charge in [-0.15, -0.1) is 0 Å². The molecule has 47 heavy (non-hydrogen) atoms. The second-order valence-corrected chi connectivity index (χ2v) is 11.6. The Morgan fingerprint density at radius 1 is 0.319 bits per heavy atom. The van der Waals surface area contributed by atoms with Crippen LogP contribution in [0.4, 0.5) is 0 Å². The van der Waals surface area contributed by atoms with Crippen LogP contribution >= 0.6 is 0 Å². The fourth-order valence-corrected chi connectivity index (χ4v) is 6.42. The highest BCUT2D eigenvalue weighted by molar-refractivity contribution is 6.22. The van der Waals surface area contributed by atoms with Crippen molar-refractivity contribution in [3.8, 4) is 56.4 Å². The first-order chi connectivity index (χ1) is 23.3. The third kappa shape index (κ3) is 4.84. The normalized spacial score (nSPS) is 11.4. The number of benzene rings is 7. The summed E-state index contributed by atoms with van der Waals surface area (Å²) in [6.07, 6.45) is 0. The van der Waals surface area contributed by atoms with Gasteiger partial charge in [0.1, 0.15) is 11.2 Å². The Hall–Kier alpha value is -6.39. The minimum atomic E-state index is 0.646. The molecule has 9 aromatic rings. The quantitative estimate of drug-likeness (QED) is 0.197. The van der Waals surface area contributed by atoms with E-state index in [1.807, 2.05) is 60.7 Å². The summed E-state index contributed by atoms with van der Waals surface area (Å²) in [4.78, 5) is 14.6. The third-order valence-corrected chi connectivity index (χ3v) is 8.76. The van der Waals surface area contributed by atoms with Crippen LogP contribution in [0.5, 0.6) is 0 Å². The van der Waals surface area contributed by atoms with Crippen LogP contribution in [0, 0.1) is 0 Å². The van der Waals surface area contributed by atoms with Crippen LogP contribution < -0.4 is 0 Å². The Kier molecular flexibility index (Phi) is 6.43. The van der Waals surface area contributed by atoms with Crippen molar-refractivity contribution in [2.24, 2.45) is 0 Å². The van der Waals surface area contributed by atoms with E-state index in [1.54, 1.807) is 0 Å². The molecule has 2 heterocycles. The minimum Gasteiger partial charge on any atom is -0.456 e. The second kappa shape index (κ2) is 11.2. The average Bonchev–Trinajstić information content (AvgIpc) is 3.55. The van der Waals surface area contributed by atoms with E-state index < -0.39 is 0 Å². The SMILES string of the molecule is c1ccc(-c2nc(-c3ccccc3)nc(-c3ccc(-c4ccc(-c5cccc6oc7ccc8ccccc8c7c56)cc4)cc3)n2)cc1. The van der Waals surface area contributed by atoms with Gasteiger partial charge in [0.15, 0.2) is 17.5 Å². The first-order valence-corrected chi connectivity index (χ1v) is 15.7. The van der Waals surface area contributed by atoms with Crippen molar-refractivity contribution in [2.75, 3.05) is 0 Å². The molecule has 0 aliphatic carbocycles. The summed E-state index contributed by atoms with van der Waals surface area (Å²) in [6.45, 7) is 0. The topological polar surface area (TPSA) is 51.8 Å². The first-order valence-electron chi connectivity index (χ1n) is 15.7. The summed E-state index contributed by atoms with van der Waals surface area (Å²) in [5, 5.41) is 4.73. The molecule has 0 amide bonds. The summed E-state index contributed by atoms with van der Waals surface area (Å²) < 4.78 is 6.31. The van der Waals surface area contributed by atoms with Crippen LogP contribution in [0.25, 0.3) is 89.1 Å². The summed E-state index contributed by atoms with van der Waals surface area (Å²) in [6, 6.07) is 56.4. The fourth-order valence-electron chi connectivity index (χ4n) is 6.42. The Morgan fingerprint density at radius 2 is 0.809 bits per heavy atom. The van der Waals surface area contributed by atoms with Crippen molar-refractivity contribution in [2.45, 2.75) is 0 Å². The zero-order valence-corrected chi connectivity index (χ0v) is 25.3. The predicted octanol–water partition coefficient (Wildman–Crippen LogP) is 11.3. The van der Waals surface area contributed by atoms with Gasteiger partial charge in [-0.2, -0.15) is 0 Å². The summed E-state index contributed by atoms with van der Waals surface area (Å²) in [5.74, 6) is 1.96. The summed E-state index contributed by atoms with van der Waals surface area (Å²) in [5.41, 5.74) is 9.24. The lowest BCUT2D eigenvalue weighted by molar-refractivity contribution is 0.669. The van der Waals surface area contributed by atoms with Gasteiger partial charge in [0.25, 0.3) is 0 Å². The van der Waals surface area contributed by atoms with Gasteiger partial charge in [0.2, 0.25) is 0 Å². The molecule has 0 radical (unpaired) electrons. The molecule has 9 rings (SSSR count). The lowest BCUT2D eigenvalue weighted by Gasteiger charge is -2.10. The Labute approximate surface area is 271 Å². The lowest BCUT2D eigenvalue weighted by atomic mass is 9.95. The van der Waals surface area contributed by atoms with Crippen LogP contribution in [-0.2, 0) is 0 Å². The van der Waals surface area contributed by atoms with Crippen molar-refractivity contribution >= 4 is 32.7 Å². The molecule has 0 aliphatic heterocycles. The predicted molar refractivity (Wildman–Crippen MR) is 192 cm³/mol. The van der Waals surface area contributed by atoms with Crippen molar-refractivity contribution in [1.29, 1.82) is 0 Å².